The number of primary amides is 1. The second kappa shape index (κ2) is 39.3. The molecule has 0 unspecified atom stereocenters. The van der Waals surface area contributed by atoms with Crippen LogP contribution >= 0.6 is 25.3 Å². The maximum Gasteiger partial charge on any atom is 0.245 e. The van der Waals surface area contributed by atoms with Gasteiger partial charge in [-0.25, -0.2) is 0 Å². The minimum absolute atomic E-state index is 0.0424. The van der Waals surface area contributed by atoms with Gasteiger partial charge >= 0.3 is 0 Å². The standard InChI is InChI=1S/C58H91N15O12S2/c1-6-7-8-18-27-73(5)58(61)62-26-17-15-24-41(65-36(4)76)51(79)64-31-47(77)66-45(32-86)55(83)68-43(28-37-19-10-9-11-20-37)53(81)69-44(29-38-30-63-40-22-13-12-21-39(38)40)54(82)67-42(23-14-16-25-59)52(80)72-49(35(3)75)57(85)70-46(33-87)56(84)71-48(34(2)74)50(60)78/h9-13,19-22,30,34-35,41-46,48-49,63,74-75,86-87H,6-8,14-18,23-29,31-33,59H2,1-5H3,(H2,60,78)(H2,61,62)(H,64,79)(H,65,76)(H,66,77)(H,67,82)(H,68,83)(H,69,81)(H,70,85)(H,71,84)(H,72,80)/t34-,35-,41+,42+,43+,44-,45+,46+,48+,49+/m1/s1. The van der Waals surface area contributed by atoms with E-state index in [4.69, 9.17) is 17.2 Å². The fraction of sp³-hybridized carbons (Fsp3) is 0.569. The topological polar surface area (TPSA) is 429 Å². The number of para-hydroxylation sites is 1. The summed E-state index contributed by atoms with van der Waals surface area (Å²) < 4.78 is 0. The monoisotopic (exact) mass is 1250 g/mol. The molecule has 482 valence electrons. The molecule has 0 spiro atoms. The number of rotatable bonds is 40. The Balaban J connectivity index is 1.85. The van der Waals surface area contributed by atoms with E-state index in [-0.39, 0.29) is 50.2 Å². The third kappa shape index (κ3) is 26.2. The molecule has 0 aliphatic carbocycles. The van der Waals surface area contributed by atoms with Gasteiger partial charge in [0.15, 0.2) is 5.96 Å². The summed E-state index contributed by atoms with van der Waals surface area (Å²) in [5.74, 6) is -8.62. The van der Waals surface area contributed by atoms with Crippen molar-refractivity contribution in [3.8, 4) is 0 Å². The Bertz CT molecular complexity index is 2750. The Labute approximate surface area is 519 Å². The SMILES string of the molecule is CCCCCCN(C)C(N)=NCCCC[C@H](NC(C)=O)C(=O)NCC(=O)N[C@@H](CS)C(=O)N[C@@H](Cc1ccccc1)C(=O)N[C@H](Cc1c[nH]c2ccccc12)C(=O)N[C@@H](CCCCN)C(=O)N[C@H](C(=O)N[C@@H](CS)C(=O)N[C@H](C(N)=O)[C@@H](C)O)[C@@H](C)O. The summed E-state index contributed by atoms with van der Waals surface area (Å²) in [6.07, 6.45) is 4.72. The highest BCUT2D eigenvalue weighted by molar-refractivity contribution is 7.80. The average Bonchev–Trinajstić information content (AvgIpc) is 3.04. The first kappa shape index (κ1) is 73.8. The van der Waals surface area contributed by atoms with Crippen molar-refractivity contribution in [1.82, 2.24) is 57.7 Å². The molecule has 29 heteroatoms. The Morgan fingerprint density at radius 1 is 0.598 bits per heavy atom. The summed E-state index contributed by atoms with van der Waals surface area (Å²) in [6, 6.07) is 4.52. The summed E-state index contributed by atoms with van der Waals surface area (Å²) in [5.41, 5.74) is 19.1. The lowest BCUT2D eigenvalue weighted by Gasteiger charge is -2.28. The Hall–Kier alpha value is -7.47. The van der Waals surface area contributed by atoms with Gasteiger partial charge in [0.05, 0.1) is 18.8 Å². The number of aliphatic hydroxyl groups is 2. The van der Waals surface area contributed by atoms with Gasteiger partial charge in [0.25, 0.3) is 0 Å². The molecule has 27 nitrogen and oxygen atoms in total. The van der Waals surface area contributed by atoms with E-state index in [2.05, 4.69) is 90.0 Å². The Morgan fingerprint density at radius 2 is 1.13 bits per heavy atom. The van der Waals surface area contributed by atoms with Crippen LogP contribution in [-0.4, -0.2) is 190 Å². The van der Waals surface area contributed by atoms with E-state index < -0.39 is 126 Å². The van der Waals surface area contributed by atoms with Crippen molar-refractivity contribution in [2.45, 2.75) is 165 Å². The van der Waals surface area contributed by atoms with Gasteiger partial charge in [-0.2, -0.15) is 25.3 Å². The maximum atomic E-state index is 14.8. The number of aromatic nitrogens is 1. The number of benzene rings is 2. The number of nitrogens with zero attached hydrogens (tertiary/aromatic N) is 2. The zero-order chi connectivity index (χ0) is 64.6. The third-order valence-electron chi connectivity index (χ3n) is 14.1. The summed E-state index contributed by atoms with van der Waals surface area (Å²) >= 11 is 8.44. The van der Waals surface area contributed by atoms with E-state index in [1.807, 2.05) is 18.0 Å². The van der Waals surface area contributed by atoms with E-state index in [9.17, 15) is 58.2 Å². The highest BCUT2D eigenvalue weighted by Crippen LogP contribution is 2.20. The lowest BCUT2D eigenvalue weighted by Crippen LogP contribution is -2.62. The summed E-state index contributed by atoms with van der Waals surface area (Å²) in [5, 5.41) is 44.3. The number of carbonyl (C=O) groups is 10. The molecule has 3 aromatic rings. The molecular weight excluding hydrogens is 1160 g/mol. The average molecular weight is 1250 g/mol. The molecule has 2 aromatic carbocycles. The molecule has 3 rings (SSSR count). The van der Waals surface area contributed by atoms with Crippen molar-refractivity contribution in [3.05, 3.63) is 71.9 Å². The molecule has 10 atom stereocenters. The first-order valence-corrected chi connectivity index (χ1v) is 30.5. The maximum absolute atomic E-state index is 14.8. The number of aliphatic imine (C=N–C) groups is 1. The van der Waals surface area contributed by atoms with Crippen LogP contribution in [0.25, 0.3) is 10.9 Å². The normalized spacial score (nSPS) is 14.9. The number of carbonyl (C=O) groups excluding carboxylic acids is 10. The smallest absolute Gasteiger partial charge is 0.245 e. The molecule has 87 heavy (non-hydrogen) atoms. The number of nitrogens with two attached hydrogens (primary N) is 3. The van der Waals surface area contributed by atoms with Crippen LogP contribution in [0.1, 0.15) is 103 Å². The molecular formula is C58H91N15O12S2. The number of H-pyrrole nitrogens is 1. The van der Waals surface area contributed by atoms with Crippen molar-refractivity contribution in [2.75, 3.05) is 44.7 Å². The first-order chi connectivity index (χ1) is 41.4. The summed E-state index contributed by atoms with van der Waals surface area (Å²) in [7, 11) is 1.88. The van der Waals surface area contributed by atoms with Crippen molar-refractivity contribution in [2.24, 2.45) is 22.2 Å². The van der Waals surface area contributed by atoms with E-state index >= 15 is 0 Å². The number of fused-ring (bicyclic) bond motifs is 1. The van der Waals surface area contributed by atoms with Crippen molar-refractivity contribution in [3.63, 3.8) is 0 Å². The zero-order valence-corrected chi connectivity index (χ0v) is 52.1. The third-order valence-corrected chi connectivity index (χ3v) is 14.8. The Morgan fingerprint density at radius 3 is 1.72 bits per heavy atom. The van der Waals surface area contributed by atoms with E-state index in [0.717, 1.165) is 32.2 Å². The van der Waals surface area contributed by atoms with Crippen molar-refractivity contribution < 1.29 is 58.2 Å². The quantitative estimate of drug-likeness (QED) is 0.0129. The van der Waals surface area contributed by atoms with Crippen LogP contribution < -0.4 is 65.1 Å². The van der Waals surface area contributed by atoms with Gasteiger partial charge < -0.3 is 85.1 Å². The molecule has 0 radical (unpaired) electrons. The second-order valence-electron chi connectivity index (χ2n) is 21.3. The number of hydrogen-bond acceptors (Lipinski definition) is 16. The molecule has 0 bridgehead atoms. The molecule has 0 aliphatic heterocycles. The van der Waals surface area contributed by atoms with Crippen LogP contribution in [0.3, 0.4) is 0 Å². The molecule has 0 saturated carbocycles. The van der Waals surface area contributed by atoms with Crippen LogP contribution in [0.4, 0.5) is 0 Å². The summed E-state index contributed by atoms with van der Waals surface area (Å²) in [6.45, 7) is 6.64. The molecule has 0 fully saturated rings. The van der Waals surface area contributed by atoms with Crippen molar-refractivity contribution >= 4 is 101 Å². The van der Waals surface area contributed by atoms with Crippen LogP contribution in [0.15, 0.2) is 65.8 Å². The van der Waals surface area contributed by atoms with Crippen LogP contribution in [-0.2, 0) is 60.8 Å². The zero-order valence-electron chi connectivity index (χ0n) is 50.3. The van der Waals surface area contributed by atoms with Crippen LogP contribution in [0, 0.1) is 0 Å². The predicted octanol–water partition coefficient (Wildman–Crippen LogP) is -1.80. The number of thiol groups is 2. The summed E-state index contributed by atoms with van der Waals surface area (Å²) in [4.78, 5) is 145. The number of unbranched alkanes of at least 4 members (excludes halogenated alkanes) is 5. The fourth-order valence-electron chi connectivity index (χ4n) is 9.07. The predicted molar refractivity (Wildman–Crippen MR) is 337 cm³/mol. The van der Waals surface area contributed by atoms with Gasteiger partial charge in [-0.15, -0.1) is 0 Å². The van der Waals surface area contributed by atoms with E-state index in [1.54, 1.807) is 54.7 Å². The number of aromatic amines is 1. The molecule has 10 amide bonds. The first-order valence-electron chi connectivity index (χ1n) is 29.3. The second-order valence-corrected chi connectivity index (χ2v) is 22.0. The minimum Gasteiger partial charge on any atom is -0.391 e. The van der Waals surface area contributed by atoms with Gasteiger partial charge in [0.1, 0.15) is 48.3 Å². The number of amides is 10. The highest BCUT2D eigenvalue weighted by Gasteiger charge is 2.36. The molecule has 1 aromatic heterocycles. The van der Waals surface area contributed by atoms with E-state index in [0.29, 0.717) is 53.8 Å². The molecule has 18 N–H and O–H groups in total. The number of hydrogen-bond donors (Lipinski definition) is 17. The van der Waals surface area contributed by atoms with Gasteiger partial charge in [0.2, 0.25) is 59.1 Å². The Kier molecular flexibility index (Phi) is 33.4. The fourth-order valence-corrected chi connectivity index (χ4v) is 9.59. The number of nitrogens with one attached hydrogen (secondary N) is 10. The molecule has 0 saturated heterocycles. The van der Waals surface area contributed by atoms with Gasteiger partial charge in [-0.3, -0.25) is 52.9 Å². The van der Waals surface area contributed by atoms with E-state index in [1.165, 1.54) is 20.8 Å². The highest BCUT2D eigenvalue weighted by atomic mass is 32.1. The lowest BCUT2D eigenvalue weighted by atomic mass is 10.0. The van der Waals surface area contributed by atoms with Crippen molar-refractivity contribution in [1.29, 1.82) is 0 Å². The van der Waals surface area contributed by atoms with Gasteiger partial charge in [-0.05, 0) is 82.5 Å². The van der Waals surface area contributed by atoms with Gasteiger partial charge in [-0.1, -0.05) is 74.7 Å². The molecule has 0 aliphatic rings. The van der Waals surface area contributed by atoms with Gasteiger partial charge in [0, 0.05) is 68.5 Å². The minimum atomic E-state index is -1.73. The largest absolute Gasteiger partial charge is 0.391 e. The van der Waals surface area contributed by atoms with Crippen LogP contribution in [0.2, 0.25) is 0 Å². The number of aliphatic hydroxyl groups excluding tert-OH is 2. The molecule has 1 heterocycles. The number of guanidine groups is 1. The van der Waals surface area contributed by atoms with Crippen LogP contribution in [0.5, 0.6) is 0 Å². The lowest BCUT2D eigenvalue weighted by molar-refractivity contribution is -0.137.